The minimum Gasteiger partial charge on any atom is -0.234 e. The summed E-state index contributed by atoms with van der Waals surface area (Å²) in [7, 11) is 0. The lowest BCUT2D eigenvalue weighted by Crippen LogP contribution is -2.37. The maximum atomic E-state index is 2.62. The maximum absolute atomic E-state index is 2.62. The summed E-state index contributed by atoms with van der Waals surface area (Å²) in [6.45, 7) is 9.39. The van der Waals surface area contributed by atoms with Crippen molar-refractivity contribution in [3.8, 4) is 0 Å². The fourth-order valence-corrected chi connectivity index (χ4v) is 6.50. The number of hydrogen-bond acceptors (Lipinski definition) is 0. The van der Waals surface area contributed by atoms with Gasteiger partial charge in [0.05, 0.1) is 13.1 Å². The third-order valence-electron chi connectivity index (χ3n) is 9.35. The van der Waals surface area contributed by atoms with Gasteiger partial charge in [-0.2, -0.15) is 0 Å². The zero-order valence-electron chi connectivity index (χ0n) is 28.9. The largest absolute Gasteiger partial charge is 0.256 e. The van der Waals surface area contributed by atoms with Crippen molar-refractivity contribution in [1.82, 2.24) is 4.57 Å². The summed E-state index contributed by atoms with van der Waals surface area (Å²) in [6.07, 6.45) is 48.9. The van der Waals surface area contributed by atoms with Crippen molar-refractivity contribution in [3.63, 3.8) is 0 Å². The number of nitrogens with zero attached hydrogens (tertiary/aromatic N) is 2. The summed E-state index contributed by atoms with van der Waals surface area (Å²) in [5.74, 6) is 1.61. The second kappa shape index (κ2) is 30.7. The topological polar surface area (TPSA) is 8.81 Å². The van der Waals surface area contributed by atoms with E-state index in [0.29, 0.717) is 0 Å². The molecule has 0 saturated carbocycles. The smallest absolute Gasteiger partial charge is 0.234 e. The van der Waals surface area contributed by atoms with Crippen molar-refractivity contribution in [2.45, 2.75) is 233 Å². The Hall–Kier alpha value is -0.790. The van der Waals surface area contributed by atoms with Crippen LogP contribution in [0.3, 0.4) is 0 Å². The quantitative estimate of drug-likeness (QED) is 0.0584. The molecule has 0 saturated heterocycles. The van der Waals surface area contributed by atoms with Crippen LogP contribution in [-0.2, 0) is 19.5 Å². The predicted octanol–water partition coefficient (Wildman–Crippen LogP) is 13.1. The lowest BCUT2D eigenvalue weighted by molar-refractivity contribution is -0.704. The van der Waals surface area contributed by atoms with Gasteiger partial charge in [-0.25, -0.2) is 9.13 Å². The lowest BCUT2D eigenvalue weighted by Gasteiger charge is -2.07. The Labute approximate surface area is 259 Å². The molecule has 0 aliphatic rings. The molecular formula is C39H77N2+. The highest BCUT2D eigenvalue weighted by Crippen LogP contribution is 2.15. The highest BCUT2D eigenvalue weighted by molar-refractivity contribution is 4.84. The fourth-order valence-electron chi connectivity index (χ4n) is 6.50. The van der Waals surface area contributed by atoms with Crippen LogP contribution in [0.5, 0.6) is 0 Å². The van der Waals surface area contributed by atoms with Crippen LogP contribution >= 0.6 is 0 Å². The van der Waals surface area contributed by atoms with Gasteiger partial charge < -0.3 is 0 Å². The van der Waals surface area contributed by atoms with Crippen molar-refractivity contribution in [3.05, 3.63) is 18.2 Å². The number of rotatable bonds is 33. The van der Waals surface area contributed by atoms with E-state index < -0.39 is 0 Å². The van der Waals surface area contributed by atoms with Crippen molar-refractivity contribution in [1.29, 1.82) is 0 Å². The van der Waals surface area contributed by atoms with Crippen LogP contribution in [0.2, 0.25) is 0 Å². The number of unbranched alkanes of at least 4 members (excludes halogenated alkanes) is 27. The van der Waals surface area contributed by atoms with Crippen LogP contribution in [-0.4, -0.2) is 4.57 Å². The number of imidazole rings is 1. The number of hydrogen-bond donors (Lipinski definition) is 0. The molecule has 0 amide bonds. The minimum absolute atomic E-state index is 1.22. The SMILES string of the molecule is CCCCCCCCCCCCCCCCCC[n+]1ccn(CCCCCC)c1CCCCCCCCCCCC. The second-order valence-corrected chi connectivity index (χ2v) is 13.4. The van der Waals surface area contributed by atoms with Crippen LogP contribution in [0.25, 0.3) is 0 Å². The van der Waals surface area contributed by atoms with Crippen LogP contribution in [0.4, 0.5) is 0 Å². The highest BCUT2D eigenvalue weighted by atomic mass is 15.1. The van der Waals surface area contributed by atoms with E-state index in [4.69, 9.17) is 0 Å². The molecule has 1 aromatic heterocycles. The summed E-state index contributed by atoms with van der Waals surface area (Å²) >= 11 is 0. The van der Waals surface area contributed by atoms with Crippen molar-refractivity contribution in [2.75, 3.05) is 0 Å². The van der Waals surface area contributed by atoms with Gasteiger partial charge in [-0.05, 0) is 32.1 Å². The Bertz CT molecular complexity index is 634. The molecule has 0 atom stereocenters. The predicted molar refractivity (Wildman–Crippen MR) is 184 cm³/mol. The first-order valence-electron chi connectivity index (χ1n) is 19.4. The van der Waals surface area contributed by atoms with E-state index in [1.165, 1.54) is 212 Å². The molecule has 0 spiro atoms. The molecule has 1 rings (SSSR count). The zero-order chi connectivity index (χ0) is 29.5. The molecule has 0 unspecified atom stereocenters. The third kappa shape index (κ3) is 23.4. The van der Waals surface area contributed by atoms with Gasteiger partial charge >= 0.3 is 0 Å². The van der Waals surface area contributed by atoms with E-state index in [2.05, 4.69) is 42.3 Å². The summed E-state index contributed by atoms with van der Waals surface area (Å²) in [4.78, 5) is 0. The Balaban J connectivity index is 2.16. The zero-order valence-corrected chi connectivity index (χ0v) is 28.9. The Morgan fingerprint density at radius 3 is 1.17 bits per heavy atom. The maximum Gasteiger partial charge on any atom is 0.256 e. The van der Waals surface area contributed by atoms with Crippen LogP contribution in [0.15, 0.2) is 12.4 Å². The molecule has 0 fully saturated rings. The van der Waals surface area contributed by atoms with E-state index in [9.17, 15) is 0 Å². The molecule has 0 bridgehead atoms. The molecule has 0 aliphatic carbocycles. The fraction of sp³-hybridized carbons (Fsp3) is 0.923. The monoisotopic (exact) mass is 574 g/mol. The van der Waals surface area contributed by atoms with Crippen LogP contribution in [0, 0.1) is 0 Å². The average Bonchev–Trinajstić information content (AvgIpc) is 3.37. The van der Waals surface area contributed by atoms with Gasteiger partial charge in [-0.1, -0.05) is 181 Å². The minimum atomic E-state index is 1.22. The molecule has 1 aromatic rings. The van der Waals surface area contributed by atoms with E-state index in [-0.39, 0.29) is 0 Å². The van der Waals surface area contributed by atoms with Gasteiger partial charge in [0.25, 0.3) is 5.82 Å². The first kappa shape index (κ1) is 38.2. The van der Waals surface area contributed by atoms with Crippen LogP contribution < -0.4 is 4.57 Å². The highest BCUT2D eigenvalue weighted by Gasteiger charge is 2.16. The third-order valence-corrected chi connectivity index (χ3v) is 9.35. The van der Waals surface area contributed by atoms with Crippen molar-refractivity contribution in [2.24, 2.45) is 0 Å². The van der Waals surface area contributed by atoms with Gasteiger partial charge in [0.15, 0.2) is 0 Å². The Kier molecular flexibility index (Phi) is 28.6. The summed E-state index contributed by atoms with van der Waals surface area (Å²) < 4.78 is 5.23. The van der Waals surface area contributed by atoms with Crippen molar-refractivity contribution >= 4 is 0 Å². The van der Waals surface area contributed by atoms with E-state index in [0.717, 1.165) is 0 Å². The second-order valence-electron chi connectivity index (χ2n) is 13.4. The van der Waals surface area contributed by atoms with Gasteiger partial charge in [0.2, 0.25) is 0 Å². The molecule has 0 radical (unpaired) electrons. The molecule has 0 aliphatic heterocycles. The lowest BCUT2D eigenvalue weighted by atomic mass is 10.0. The summed E-state index contributed by atoms with van der Waals surface area (Å²) in [5.41, 5.74) is 0. The molecule has 0 N–H and O–H groups in total. The molecule has 41 heavy (non-hydrogen) atoms. The molecule has 2 heteroatoms. The molecular weight excluding hydrogens is 496 g/mol. The van der Waals surface area contributed by atoms with Gasteiger partial charge in [-0.3, -0.25) is 0 Å². The van der Waals surface area contributed by atoms with Crippen LogP contribution in [0.1, 0.15) is 219 Å². The molecule has 0 aromatic carbocycles. The first-order chi connectivity index (χ1) is 20.3. The normalized spacial score (nSPS) is 11.6. The Morgan fingerprint density at radius 2 is 0.756 bits per heavy atom. The van der Waals surface area contributed by atoms with E-state index in [1.54, 1.807) is 5.82 Å². The van der Waals surface area contributed by atoms with Gasteiger partial charge in [0.1, 0.15) is 12.4 Å². The standard InChI is InChI=1S/C39H77N2/c1-4-7-10-13-15-17-19-20-21-22-23-24-26-28-30-33-36-41-38-37-40(35-32-12-9-6-3)39(41)34-31-29-27-25-18-16-14-11-8-5-2/h37-38H,4-36H2,1-3H3/q+1. The molecule has 242 valence electrons. The van der Waals surface area contributed by atoms with E-state index in [1.807, 2.05) is 0 Å². The molecule has 1 heterocycles. The number of aryl methyl sites for hydroxylation is 2. The molecule has 2 nitrogen and oxygen atoms in total. The first-order valence-corrected chi connectivity index (χ1v) is 19.4. The summed E-state index contributed by atoms with van der Waals surface area (Å²) in [5, 5.41) is 0. The van der Waals surface area contributed by atoms with E-state index >= 15 is 0 Å². The van der Waals surface area contributed by atoms with Gasteiger partial charge in [-0.15, -0.1) is 0 Å². The number of aromatic nitrogens is 2. The average molecular weight is 574 g/mol. The Morgan fingerprint density at radius 1 is 0.415 bits per heavy atom. The summed E-state index contributed by atoms with van der Waals surface area (Å²) in [6, 6.07) is 0. The van der Waals surface area contributed by atoms with Gasteiger partial charge in [0, 0.05) is 6.42 Å². The van der Waals surface area contributed by atoms with Crippen molar-refractivity contribution < 1.29 is 4.57 Å².